The van der Waals surface area contributed by atoms with Crippen LogP contribution in [-0.4, -0.2) is 30.4 Å². The van der Waals surface area contributed by atoms with Gasteiger partial charge in [0.2, 0.25) is 0 Å². The number of halogens is 6. The molecule has 2 rings (SSSR count). The highest BCUT2D eigenvalue weighted by molar-refractivity contribution is 7.91. The molecule has 1 aromatic heterocycles. The summed E-state index contributed by atoms with van der Waals surface area (Å²) in [5, 5.41) is -6.11. The fourth-order valence-electron chi connectivity index (χ4n) is 2.66. The number of aryl methyl sites for hydroxylation is 1. The number of nitrogens with zero attached hydrogens (tertiary/aromatic N) is 1. The van der Waals surface area contributed by atoms with E-state index in [-0.39, 0.29) is 16.8 Å². The highest BCUT2D eigenvalue weighted by Gasteiger charge is 2.38. The molecule has 1 atom stereocenters. The van der Waals surface area contributed by atoms with Gasteiger partial charge in [-0.3, -0.25) is 9.78 Å². The maximum absolute atomic E-state index is 14.4. The molecule has 0 aliphatic heterocycles. The summed E-state index contributed by atoms with van der Waals surface area (Å²) in [4.78, 5) is 14.9. The quantitative estimate of drug-likeness (QED) is 0.391. The van der Waals surface area contributed by atoms with E-state index in [4.69, 9.17) is 17.3 Å². The molecule has 0 bridgehead atoms. The number of carbonyl (C=O) groups excluding carboxylic acids is 1. The molecule has 12 heteroatoms. The molecular formula is C17H14ClF5N2O3S. The Hall–Kier alpha value is -2.27. The topological polar surface area (TPSA) is 90.1 Å². The van der Waals surface area contributed by atoms with Gasteiger partial charge >= 0.3 is 5.38 Å². The molecule has 1 unspecified atom stereocenters. The normalized spacial score (nSPS) is 13.3. The molecule has 158 valence electrons. The number of hydrogen-bond acceptors (Lipinski definition) is 4. The first kappa shape index (κ1) is 23.0. The van der Waals surface area contributed by atoms with Crippen LogP contribution in [0.4, 0.5) is 22.0 Å². The van der Waals surface area contributed by atoms with Crippen LogP contribution in [0.1, 0.15) is 38.8 Å². The Morgan fingerprint density at radius 3 is 2.34 bits per heavy atom. The molecule has 1 aromatic carbocycles. The maximum Gasteiger partial charge on any atom is 0.322 e. The molecule has 29 heavy (non-hydrogen) atoms. The van der Waals surface area contributed by atoms with Crippen molar-refractivity contribution in [1.82, 2.24) is 4.98 Å². The second-order valence-corrected chi connectivity index (χ2v) is 8.92. The summed E-state index contributed by atoms with van der Waals surface area (Å²) in [5.74, 6) is -6.96. The van der Waals surface area contributed by atoms with Crippen molar-refractivity contribution in [3.8, 4) is 0 Å². The summed E-state index contributed by atoms with van der Waals surface area (Å²) in [6.45, 7) is 1.29. The number of sulfone groups is 1. The number of amides is 1. The average molecular weight is 457 g/mol. The van der Waals surface area contributed by atoms with Crippen molar-refractivity contribution in [1.29, 1.82) is 0 Å². The highest BCUT2D eigenvalue weighted by Crippen LogP contribution is 2.38. The van der Waals surface area contributed by atoms with E-state index in [1.54, 1.807) is 0 Å². The first-order valence-corrected chi connectivity index (χ1v) is 10.0. The van der Waals surface area contributed by atoms with E-state index in [2.05, 4.69) is 4.98 Å². The standard InChI is InChI=1S/C17H14ClF5N2O3S/c1-8-6-12(16(24)26)25-7-9(8)15(29(27,28)5-4-17(18,22)23)13-10(19)2-3-11(20)14(13)21/h2-3,6-7,15H,4-5H2,1H3,(H2,24,26). The number of hydrogen-bond donors (Lipinski definition) is 1. The molecule has 2 aromatic rings. The Bertz CT molecular complexity index is 1060. The van der Waals surface area contributed by atoms with Crippen LogP contribution < -0.4 is 5.73 Å². The number of benzene rings is 1. The van der Waals surface area contributed by atoms with Gasteiger partial charge in [0.15, 0.2) is 21.5 Å². The number of pyridine rings is 1. The summed E-state index contributed by atoms with van der Waals surface area (Å²) < 4.78 is 94.1. The van der Waals surface area contributed by atoms with E-state index in [1.165, 1.54) is 6.92 Å². The predicted molar refractivity (Wildman–Crippen MR) is 94.9 cm³/mol. The number of alkyl halides is 3. The van der Waals surface area contributed by atoms with Crippen molar-refractivity contribution in [2.45, 2.75) is 24.0 Å². The molecule has 0 saturated carbocycles. The zero-order chi connectivity index (χ0) is 22.1. The highest BCUT2D eigenvalue weighted by atomic mass is 35.5. The van der Waals surface area contributed by atoms with Crippen molar-refractivity contribution in [3.63, 3.8) is 0 Å². The molecule has 0 aliphatic carbocycles. The largest absolute Gasteiger partial charge is 0.364 e. The minimum absolute atomic E-state index is 0.0167. The lowest BCUT2D eigenvalue weighted by molar-refractivity contribution is 0.0927. The fourth-order valence-corrected chi connectivity index (χ4v) is 4.86. The van der Waals surface area contributed by atoms with E-state index >= 15 is 0 Å². The van der Waals surface area contributed by atoms with E-state index in [1.807, 2.05) is 0 Å². The zero-order valence-corrected chi connectivity index (χ0v) is 16.3. The Kier molecular flexibility index (Phi) is 6.53. The Morgan fingerprint density at radius 2 is 1.83 bits per heavy atom. The predicted octanol–water partition coefficient (Wildman–Crippen LogP) is 3.63. The van der Waals surface area contributed by atoms with Gasteiger partial charge in [-0.05, 0) is 47.9 Å². The van der Waals surface area contributed by atoms with E-state index in [9.17, 15) is 35.2 Å². The van der Waals surface area contributed by atoms with Gasteiger partial charge in [-0.25, -0.2) is 21.6 Å². The minimum atomic E-state index is -4.75. The third kappa shape index (κ3) is 5.21. The number of primary amides is 1. The molecule has 0 spiro atoms. The summed E-state index contributed by atoms with van der Waals surface area (Å²) >= 11 is 4.74. The van der Waals surface area contributed by atoms with Gasteiger partial charge in [-0.1, -0.05) is 0 Å². The van der Waals surface area contributed by atoms with Crippen LogP contribution in [0.3, 0.4) is 0 Å². The fraction of sp³-hybridized carbons (Fsp3) is 0.294. The monoisotopic (exact) mass is 456 g/mol. The first-order valence-electron chi connectivity index (χ1n) is 7.92. The molecule has 1 heterocycles. The number of rotatable bonds is 7. The molecule has 5 nitrogen and oxygen atoms in total. The molecule has 1 amide bonds. The van der Waals surface area contributed by atoms with Crippen LogP contribution in [0.25, 0.3) is 0 Å². The summed E-state index contributed by atoms with van der Waals surface area (Å²) in [6, 6.07) is 2.02. The van der Waals surface area contributed by atoms with E-state index < -0.39 is 61.6 Å². The third-order valence-corrected chi connectivity index (χ3v) is 6.23. The Morgan fingerprint density at radius 1 is 1.24 bits per heavy atom. The minimum Gasteiger partial charge on any atom is -0.364 e. The lowest BCUT2D eigenvalue weighted by atomic mass is 10.00. The van der Waals surface area contributed by atoms with Crippen molar-refractivity contribution in [2.24, 2.45) is 5.73 Å². The van der Waals surface area contributed by atoms with Gasteiger partial charge in [0, 0.05) is 18.2 Å². The lowest BCUT2D eigenvalue weighted by Crippen LogP contribution is -2.25. The smallest absolute Gasteiger partial charge is 0.322 e. The summed E-state index contributed by atoms with van der Waals surface area (Å²) in [7, 11) is -4.75. The Labute approximate surface area is 167 Å². The second-order valence-electron chi connectivity index (χ2n) is 6.16. The van der Waals surface area contributed by atoms with Crippen LogP contribution in [0.2, 0.25) is 0 Å². The molecular weight excluding hydrogens is 443 g/mol. The second kappa shape index (κ2) is 8.23. The molecule has 0 fully saturated rings. The molecule has 0 saturated heterocycles. The van der Waals surface area contributed by atoms with Crippen LogP contribution in [0.5, 0.6) is 0 Å². The number of aromatic nitrogens is 1. The first-order chi connectivity index (χ1) is 13.2. The SMILES string of the molecule is Cc1cc(C(N)=O)ncc1C(c1c(F)ccc(F)c1F)S(=O)(=O)CCC(F)(F)Cl. The molecule has 0 radical (unpaired) electrons. The maximum atomic E-state index is 14.4. The van der Waals surface area contributed by atoms with Crippen molar-refractivity contribution >= 4 is 27.3 Å². The van der Waals surface area contributed by atoms with Gasteiger partial charge in [-0.15, -0.1) is 0 Å². The molecule has 2 N–H and O–H groups in total. The Balaban J connectivity index is 2.75. The van der Waals surface area contributed by atoms with Crippen molar-refractivity contribution in [3.05, 3.63) is 64.2 Å². The van der Waals surface area contributed by atoms with Gasteiger partial charge in [0.1, 0.15) is 16.8 Å². The number of nitrogens with two attached hydrogens (primary N) is 1. The number of carbonyl (C=O) groups is 1. The lowest BCUT2D eigenvalue weighted by Gasteiger charge is -2.22. The summed E-state index contributed by atoms with van der Waals surface area (Å²) in [6.07, 6.45) is -0.530. The summed E-state index contributed by atoms with van der Waals surface area (Å²) in [5.41, 5.74) is 3.30. The van der Waals surface area contributed by atoms with Crippen LogP contribution >= 0.6 is 11.6 Å². The van der Waals surface area contributed by atoms with Crippen LogP contribution in [-0.2, 0) is 9.84 Å². The van der Waals surface area contributed by atoms with Crippen molar-refractivity contribution < 1.29 is 35.2 Å². The average Bonchev–Trinajstić information content (AvgIpc) is 2.60. The van der Waals surface area contributed by atoms with Gasteiger partial charge in [-0.2, -0.15) is 8.78 Å². The van der Waals surface area contributed by atoms with Crippen molar-refractivity contribution in [2.75, 3.05) is 5.75 Å². The van der Waals surface area contributed by atoms with Crippen LogP contribution in [0, 0.1) is 24.4 Å². The van der Waals surface area contributed by atoms with Gasteiger partial charge in [0.25, 0.3) is 5.91 Å². The van der Waals surface area contributed by atoms with E-state index in [0.717, 1.165) is 12.3 Å². The zero-order valence-electron chi connectivity index (χ0n) is 14.7. The third-order valence-electron chi connectivity index (χ3n) is 4.06. The molecule has 0 aliphatic rings. The van der Waals surface area contributed by atoms with Crippen LogP contribution in [0.15, 0.2) is 24.4 Å². The van der Waals surface area contributed by atoms with E-state index in [0.29, 0.717) is 12.1 Å². The van der Waals surface area contributed by atoms with Gasteiger partial charge in [0.05, 0.1) is 5.75 Å². The van der Waals surface area contributed by atoms with Gasteiger partial charge < -0.3 is 5.73 Å².